The fourth-order valence-corrected chi connectivity index (χ4v) is 4.00. The summed E-state index contributed by atoms with van der Waals surface area (Å²) >= 11 is 0. The van der Waals surface area contributed by atoms with Crippen molar-refractivity contribution in [3.63, 3.8) is 0 Å². The molecule has 2 N–H and O–H groups in total. The highest BCUT2D eigenvalue weighted by Gasteiger charge is 2.34. The van der Waals surface area contributed by atoms with Crippen LogP contribution in [0.4, 0.5) is 0 Å². The van der Waals surface area contributed by atoms with Gasteiger partial charge in [0.25, 0.3) is 0 Å². The largest absolute Gasteiger partial charge is 0.507 e. The predicted molar refractivity (Wildman–Crippen MR) is 104 cm³/mol. The number of morpholine rings is 1. The van der Waals surface area contributed by atoms with Gasteiger partial charge < -0.3 is 38.4 Å². The highest BCUT2D eigenvalue weighted by atomic mass is 16.7. The standard InChI is InChI=1S/C21H25NO7/c1-24-18-8-13(9-19(25-2)21(18)26-3)20(22-4-6-27-7-5-22)14-10-16-17(11-15(14)23)29-12-28-16/h8-11,20,23H,4-7,12H2,1-3H3/p+1/t20-/m1/s1. The quantitative estimate of drug-likeness (QED) is 0.748. The minimum atomic E-state index is -0.179. The van der Waals surface area contributed by atoms with Crippen molar-refractivity contribution in [3.05, 3.63) is 35.4 Å². The van der Waals surface area contributed by atoms with Gasteiger partial charge in [-0.25, -0.2) is 0 Å². The molecule has 0 saturated carbocycles. The molecule has 0 aromatic heterocycles. The van der Waals surface area contributed by atoms with Crippen LogP contribution in [0.5, 0.6) is 34.5 Å². The average molecular weight is 404 g/mol. The molecular formula is C21H26NO7+. The maximum atomic E-state index is 10.8. The van der Waals surface area contributed by atoms with Gasteiger partial charge in [0.1, 0.15) is 24.9 Å². The molecule has 1 atom stereocenters. The van der Waals surface area contributed by atoms with Crippen LogP contribution in [0.2, 0.25) is 0 Å². The van der Waals surface area contributed by atoms with Crippen LogP contribution in [0, 0.1) is 0 Å². The van der Waals surface area contributed by atoms with Gasteiger partial charge in [0.05, 0.1) is 40.1 Å². The van der Waals surface area contributed by atoms with E-state index in [4.69, 9.17) is 28.4 Å². The Kier molecular flexibility index (Phi) is 5.55. The van der Waals surface area contributed by atoms with Crippen molar-refractivity contribution in [2.24, 2.45) is 0 Å². The zero-order valence-electron chi connectivity index (χ0n) is 16.8. The smallest absolute Gasteiger partial charge is 0.231 e. The molecule has 4 rings (SSSR count). The highest BCUT2D eigenvalue weighted by Crippen LogP contribution is 2.44. The third-order valence-corrected chi connectivity index (χ3v) is 5.40. The van der Waals surface area contributed by atoms with E-state index in [9.17, 15) is 5.11 Å². The van der Waals surface area contributed by atoms with E-state index in [-0.39, 0.29) is 18.6 Å². The molecule has 0 unspecified atom stereocenters. The first kappa shape index (κ1) is 19.5. The van der Waals surface area contributed by atoms with Crippen molar-refractivity contribution >= 4 is 0 Å². The summed E-state index contributed by atoms with van der Waals surface area (Å²) in [5, 5.41) is 10.8. The normalized spacial score (nSPS) is 17.1. The number of methoxy groups -OCH3 is 3. The molecule has 29 heavy (non-hydrogen) atoms. The molecule has 8 heteroatoms. The summed E-state index contributed by atoms with van der Waals surface area (Å²) in [5.41, 5.74) is 1.69. The second-order valence-corrected chi connectivity index (χ2v) is 6.93. The van der Waals surface area contributed by atoms with Crippen LogP contribution in [-0.4, -0.2) is 59.5 Å². The van der Waals surface area contributed by atoms with Gasteiger partial charge in [0, 0.05) is 11.6 Å². The number of fused-ring (bicyclic) bond motifs is 1. The van der Waals surface area contributed by atoms with E-state index >= 15 is 0 Å². The molecule has 2 aromatic rings. The molecule has 1 saturated heterocycles. The van der Waals surface area contributed by atoms with E-state index in [0.29, 0.717) is 42.0 Å². The minimum Gasteiger partial charge on any atom is -0.507 e. The number of nitrogens with one attached hydrogen (secondary N) is 1. The van der Waals surface area contributed by atoms with Crippen molar-refractivity contribution in [3.8, 4) is 34.5 Å². The molecule has 156 valence electrons. The third kappa shape index (κ3) is 3.61. The van der Waals surface area contributed by atoms with Crippen molar-refractivity contribution in [1.82, 2.24) is 0 Å². The Bertz CT molecular complexity index is 855. The molecule has 2 aliphatic rings. The van der Waals surface area contributed by atoms with E-state index in [0.717, 1.165) is 24.2 Å². The Morgan fingerprint density at radius 3 is 2.10 bits per heavy atom. The number of aromatic hydroxyl groups is 1. The van der Waals surface area contributed by atoms with Crippen molar-refractivity contribution in [2.75, 3.05) is 54.4 Å². The van der Waals surface area contributed by atoms with Crippen LogP contribution in [0.15, 0.2) is 24.3 Å². The summed E-state index contributed by atoms with van der Waals surface area (Å²) in [7, 11) is 4.76. The Balaban J connectivity index is 1.86. The van der Waals surface area contributed by atoms with Gasteiger partial charge >= 0.3 is 0 Å². The Morgan fingerprint density at radius 1 is 0.897 bits per heavy atom. The van der Waals surface area contributed by atoms with E-state index < -0.39 is 0 Å². The molecule has 0 spiro atoms. The first-order valence-electron chi connectivity index (χ1n) is 9.51. The number of phenolic OH excluding ortho intramolecular Hbond substituents is 1. The minimum absolute atomic E-state index is 0.150. The van der Waals surface area contributed by atoms with Crippen molar-refractivity contribution in [1.29, 1.82) is 0 Å². The van der Waals surface area contributed by atoms with Gasteiger partial charge in [0.2, 0.25) is 12.5 Å². The average Bonchev–Trinajstić information content (AvgIpc) is 3.21. The Labute approximate surface area is 169 Å². The molecule has 8 nitrogen and oxygen atoms in total. The van der Waals surface area contributed by atoms with E-state index in [1.807, 2.05) is 18.2 Å². The monoisotopic (exact) mass is 404 g/mol. The fourth-order valence-electron chi connectivity index (χ4n) is 4.00. The number of phenols is 1. The second kappa shape index (κ2) is 8.26. The molecule has 1 fully saturated rings. The van der Waals surface area contributed by atoms with Crippen molar-refractivity contribution < 1.29 is 38.4 Å². The number of ether oxygens (including phenoxy) is 6. The van der Waals surface area contributed by atoms with Crippen LogP contribution in [0.3, 0.4) is 0 Å². The number of rotatable bonds is 6. The molecule has 2 aliphatic heterocycles. The first-order valence-corrected chi connectivity index (χ1v) is 9.51. The molecule has 2 heterocycles. The summed E-state index contributed by atoms with van der Waals surface area (Å²) in [6, 6.07) is 7.15. The van der Waals surface area contributed by atoms with Gasteiger partial charge in [-0.2, -0.15) is 0 Å². The van der Waals surface area contributed by atoms with Crippen LogP contribution < -0.4 is 28.6 Å². The summed E-state index contributed by atoms with van der Waals surface area (Å²) in [4.78, 5) is 1.26. The van der Waals surface area contributed by atoms with Gasteiger partial charge in [-0.3, -0.25) is 0 Å². The Morgan fingerprint density at radius 2 is 1.52 bits per heavy atom. The summed E-state index contributed by atoms with van der Waals surface area (Å²) in [6.45, 7) is 3.06. The van der Waals surface area contributed by atoms with E-state index in [1.54, 1.807) is 27.4 Å². The molecule has 0 amide bonds. The van der Waals surface area contributed by atoms with Crippen LogP contribution in [0.1, 0.15) is 17.2 Å². The highest BCUT2D eigenvalue weighted by molar-refractivity contribution is 5.58. The number of benzene rings is 2. The molecule has 0 radical (unpaired) electrons. The molecular weight excluding hydrogens is 378 g/mol. The number of quaternary nitrogens is 1. The van der Waals surface area contributed by atoms with E-state index in [2.05, 4.69) is 0 Å². The van der Waals surface area contributed by atoms with Crippen LogP contribution in [0.25, 0.3) is 0 Å². The zero-order chi connectivity index (χ0) is 20.4. The van der Waals surface area contributed by atoms with Crippen molar-refractivity contribution in [2.45, 2.75) is 6.04 Å². The third-order valence-electron chi connectivity index (χ3n) is 5.40. The molecule has 0 bridgehead atoms. The lowest BCUT2D eigenvalue weighted by Crippen LogP contribution is -3.14. The lowest BCUT2D eigenvalue weighted by atomic mass is 9.94. The summed E-state index contributed by atoms with van der Waals surface area (Å²) in [6.07, 6.45) is 0. The summed E-state index contributed by atoms with van der Waals surface area (Å²) < 4.78 is 33.1. The maximum absolute atomic E-state index is 10.8. The second-order valence-electron chi connectivity index (χ2n) is 6.93. The number of hydrogen-bond acceptors (Lipinski definition) is 7. The zero-order valence-corrected chi connectivity index (χ0v) is 16.8. The Hall–Kier alpha value is -2.84. The van der Waals surface area contributed by atoms with Gasteiger partial charge in [-0.1, -0.05) is 0 Å². The van der Waals surface area contributed by atoms with Gasteiger partial charge in [-0.05, 0) is 18.2 Å². The maximum Gasteiger partial charge on any atom is 0.231 e. The topological polar surface area (TPSA) is 80.1 Å². The SMILES string of the molecule is COc1cc([C@H](c2cc3c(cc2O)OCO3)[NH+]2CCOCC2)cc(OC)c1OC. The van der Waals surface area contributed by atoms with Gasteiger partial charge in [0.15, 0.2) is 23.0 Å². The summed E-state index contributed by atoms with van der Waals surface area (Å²) in [5.74, 6) is 3.01. The fraction of sp³-hybridized carbons (Fsp3) is 0.429. The molecule has 2 aromatic carbocycles. The molecule has 0 aliphatic carbocycles. The van der Waals surface area contributed by atoms with Crippen LogP contribution >= 0.6 is 0 Å². The number of hydrogen-bond donors (Lipinski definition) is 2. The van der Waals surface area contributed by atoms with E-state index in [1.165, 1.54) is 4.90 Å². The lowest BCUT2D eigenvalue weighted by molar-refractivity contribution is -0.933. The lowest BCUT2D eigenvalue weighted by Gasteiger charge is -2.33. The van der Waals surface area contributed by atoms with Crippen LogP contribution in [-0.2, 0) is 4.74 Å². The predicted octanol–water partition coefficient (Wildman–Crippen LogP) is 1.15. The first-order chi connectivity index (χ1) is 14.2. The van der Waals surface area contributed by atoms with Gasteiger partial charge in [-0.15, -0.1) is 0 Å².